The molecule has 0 radical (unpaired) electrons. The van der Waals surface area contributed by atoms with E-state index in [1.165, 1.54) is 0 Å². The summed E-state index contributed by atoms with van der Waals surface area (Å²) >= 11 is 3.58. The Morgan fingerprint density at radius 1 is 1.12 bits per heavy atom. The van der Waals surface area contributed by atoms with Crippen molar-refractivity contribution in [2.45, 2.75) is 117 Å². The van der Waals surface area contributed by atoms with Crippen molar-refractivity contribution < 1.29 is 22.7 Å². The van der Waals surface area contributed by atoms with Crippen molar-refractivity contribution in [2.24, 2.45) is 5.92 Å². The molecular weight excluding hydrogens is 610 g/mol. The van der Waals surface area contributed by atoms with Gasteiger partial charge in [-0.15, -0.1) is 0 Å². The summed E-state index contributed by atoms with van der Waals surface area (Å²) in [5.41, 5.74) is 1.95. The number of pyridine rings is 1. The monoisotopic (exact) mass is 655 g/mol. The number of aromatic nitrogens is 2. The lowest BCUT2D eigenvalue weighted by Crippen LogP contribution is -2.54. The molecule has 1 aliphatic carbocycles. The smallest absolute Gasteiger partial charge is 0.424 e. The lowest BCUT2D eigenvalue weighted by molar-refractivity contribution is 0.0221. The lowest BCUT2D eigenvalue weighted by Gasteiger charge is -2.44. The predicted octanol–water partition coefficient (Wildman–Crippen LogP) is 7.76. The van der Waals surface area contributed by atoms with Crippen LogP contribution in [0.4, 0.5) is 4.79 Å². The molecule has 3 rings (SSSR count). The second kappa shape index (κ2) is 11.9. The van der Waals surface area contributed by atoms with Gasteiger partial charge in [0, 0.05) is 27.5 Å². The molecule has 0 aromatic carbocycles. The fraction of sp³-hybridized carbons (Fsp3) is 0.690. The molecule has 0 atom stereocenters. The number of ketones is 1. The second-order valence-corrected chi connectivity index (χ2v) is 21.6. The minimum absolute atomic E-state index is 0.0591. The molecule has 0 unspecified atom stereocenters. The van der Waals surface area contributed by atoms with E-state index in [-0.39, 0.29) is 24.4 Å². The number of nitrogens with zero attached hydrogens (tertiary/aromatic N) is 3. The summed E-state index contributed by atoms with van der Waals surface area (Å²) < 4.78 is 35.4. The standard InChI is InChI=1S/C29H46BrN3O5SSi/c1-11-14-39(36,37)33(28(35)38-29(8,9)10)22-15-21(16-22)26(34)25-23-12-13-32(27(23)31-17-24(25)30)40(18(2)3,19(4)5)20(6)7/h12-13,17-22H,11,14-16H2,1-10H3. The van der Waals surface area contributed by atoms with Gasteiger partial charge < -0.3 is 8.97 Å². The van der Waals surface area contributed by atoms with Crippen molar-refractivity contribution in [3.63, 3.8) is 0 Å². The van der Waals surface area contributed by atoms with Crippen LogP contribution in [0.25, 0.3) is 11.0 Å². The highest BCUT2D eigenvalue weighted by Crippen LogP contribution is 2.45. The Balaban J connectivity index is 1.98. The first kappa shape index (κ1) is 32.8. The Hall–Kier alpha value is -1.72. The van der Waals surface area contributed by atoms with Gasteiger partial charge in [-0.25, -0.2) is 22.5 Å². The van der Waals surface area contributed by atoms with Crippen LogP contribution in [0, 0.1) is 5.92 Å². The lowest BCUT2D eigenvalue weighted by atomic mass is 9.75. The molecule has 2 aromatic heterocycles. The molecule has 0 saturated heterocycles. The van der Waals surface area contributed by atoms with E-state index >= 15 is 0 Å². The van der Waals surface area contributed by atoms with Crippen molar-refractivity contribution in [1.82, 2.24) is 13.5 Å². The SMILES string of the molecule is CCCS(=O)(=O)N(C(=O)OC(C)(C)C)C1CC(C(=O)c2c(Br)cnc3c2ccn3[Si](C(C)C)(C(C)C)C(C)C)C1. The summed E-state index contributed by atoms with van der Waals surface area (Å²) in [5, 5.41) is 0.809. The number of rotatable bonds is 10. The van der Waals surface area contributed by atoms with Gasteiger partial charge in [0.1, 0.15) is 11.2 Å². The molecule has 224 valence electrons. The minimum Gasteiger partial charge on any atom is -0.443 e. The van der Waals surface area contributed by atoms with Crippen LogP contribution >= 0.6 is 15.9 Å². The van der Waals surface area contributed by atoms with Gasteiger partial charge in [-0.3, -0.25) is 4.79 Å². The highest BCUT2D eigenvalue weighted by molar-refractivity contribution is 9.10. The van der Waals surface area contributed by atoms with Crippen LogP contribution < -0.4 is 0 Å². The van der Waals surface area contributed by atoms with Crippen LogP contribution in [0.5, 0.6) is 0 Å². The number of halogens is 1. The molecule has 40 heavy (non-hydrogen) atoms. The van der Waals surface area contributed by atoms with Crippen molar-refractivity contribution in [3.8, 4) is 0 Å². The average molecular weight is 657 g/mol. The summed E-state index contributed by atoms with van der Waals surface area (Å²) in [7, 11) is -5.97. The summed E-state index contributed by atoms with van der Waals surface area (Å²) in [6, 6.07) is 1.40. The third-order valence-corrected chi connectivity index (χ3v) is 17.6. The topological polar surface area (TPSA) is 98.6 Å². The summed E-state index contributed by atoms with van der Waals surface area (Å²) in [6.45, 7) is 20.6. The normalized spacial score (nSPS) is 18.4. The maximum absolute atomic E-state index is 13.9. The molecule has 0 spiro atoms. The minimum atomic E-state index is -3.87. The third-order valence-electron chi connectivity index (χ3n) is 8.26. The van der Waals surface area contributed by atoms with Crippen molar-refractivity contribution >= 4 is 57.1 Å². The first-order valence-electron chi connectivity index (χ1n) is 14.3. The van der Waals surface area contributed by atoms with Gasteiger partial charge in [-0.05, 0) is 84.9 Å². The molecule has 1 amide bonds. The zero-order valence-corrected chi connectivity index (χ0v) is 29.0. The van der Waals surface area contributed by atoms with Crippen LogP contribution in [-0.2, 0) is 14.8 Å². The van der Waals surface area contributed by atoms with Gasteiger partial charge >= 0.3 is 6.09 Å². The van der Waals surface area contributed by atoms with E-state index in [9.17, 15) is 18.0 Å². The Morgan fingerprint density at radius 3 is 2.15 bits per heavy atom. The number of ether oxygens (including phenoxy) is 1. The van der Waals surface area contributed by atoms with E-state index < -0.39 is 41.9 Å². The van der Waals surface area contributed by atoms with Gasteiger partial charge in [0.2, 0.25) is 10.0 Å². The van der Waals surface area contributed by atoms with E-state index in [0.29, 0.717) is 33.1 Å². The van der Waals surface area contributed by atoms with E-state index in [1.54, 1.807) is 33.9 Å². The maximum atomic E-state index is 13.9. The highest BCUT2D eigenvalue weighted by atomic mass is 79.9. The van der Waals surface area contributed by atoms with Gasteiger partial charge in [0.05, 0.1) is 11.8 Å². The third kappa shape index (κ3) is 5.93. The Bertz CT molecular complexity index is 1340. The van der Waals surface area contributed by atoms with Gasteiger partial charge in [0.15, 0.2) is 14.0 Å². The Kier molecular flexibility index (Phi) is 9.73. The Morgan fingerprint density at radius 2 is 1.68 bits per heavy atom. The molecule has 1 aliphatic rings. The number of hydrogen-bond acceptors (Lipinski definition) is 6. The van der Waals surface area contributed by atoms with Gasteiger partial charge in [0.25, 0.3) is 0 Å². The number of sulfonamides is 1. The van der Waals surface area contributed by atoms with Gasteiger partial charge in [-0.1, -0.05) is 48.5 Å². The van der Waals surface area contributed by atoms with Crippen molar-refractivity contribution in [3.05, 3.63) is 28.5 Å². The molecule has 0 bridgehead atoms. The van der Waals surface area contributed by atoms with E-state index in [2.05, 4.69) is 67.9 Å². The first-order chi connectivity index (χ1) is 18.4. The van der Waals surface area contributed by atoms with Crippen molar-refractivity contribution in [1.29, 1.82) is 0 Å². The number of Topliss-reactive ketones (excluding diaryl/α,β-unsaturated/α-hetero) is 1. The second-order valence-electron chi connectivity index (χ2n) is 13.0. The summed E-state index contributed by atoms with van der Waals surface area (Å²) in [4.78, 5) is 31.7. The quantitative estimate of drug-likeness (QED) is 0.192. The number of amides is 1. The fourth-order valence-electron chi connectivity index (χ4n) is 6.81. The summed E-state index contributed by atoms with van der Waals surface area (Å²) in [5.74, 6) is -0.617. The molecule has 1 saturated carbocycles. The zero-order chi connectivity index (χ0) is 30.4. The largest absolute Gasteiger partial charge is 0.443 e. The number of carbonyl (C=O) groups excluding carboxylic acids is 2. The first-order valence-corrected chi connectivity index (χ1v) is 18.9. The van der Waals surface area contributed by atoms with Gasteiger partial charge in [-0.2, -0.15) is 0 Å². The molecular formula is C29H46BrN3O5SSi. The maximum Gasteiger partial charge on any atom is 0.424 e. The van der Waals surface area contributed by atoms with Crippen LogP contribution in [0.2, 0.25) is 16.6 Å². The van der Waals surface area contributed by atoms with Crippen molar-refractivity contribution in [2.75, 3.05) is 5.75 Å². The van der Waals surface area contributed by atoms with E-state index in [1.807, 2.05) is 6.07 Å². The molecule has 11 heteroatoms. The molecule has 1 fully saturated rings. The van der Waals surface area contributed by atoms with Crippen LogP contribution in [-0.4, -0.2) is 59.4 Å². The van der Waals surface area contributed by atoms with Crippen LogP contribution in [0.3, 0.4) is 0 Å². The highest BCUT2D eigenvalue weighted by Gasteiger charge is 2.48. The number of hydrogen-bond donors (Lipinski definition) is 0. The number of fused-ring (bicyclic) bond motifs is 1. The Labute approximate surface area is 249 Å². The van der Waals surface area contributed by atoms with Crippen LogP contribution in [0.15, 0.2) is 22.9 Å². The van der Waals surface area contributed by atoms with Crippen LogP contribution in [0.1, 0.15) is 98.9 Å². The van der Waals surface area contributed by atoms with E-state index in [0.717, 1.165) is 15.3 Å². The molecule has 0 N–H and O–H groups in total. The molecule has 2 aromatic rings. The molecule has 0 aliphatic heterocycles. The van der Waals surface area contributed by atoms with E-state index in [4.69, 9.17) is 9.72 Å². The molecule has 2 heterocycles. The average Bonchev–Trinajstić information content (AvgIpc) is 3.17. The summed E-state index contributed by atoms with van der Waals surface area (Å²) in [6.07, 6.45) is 3.85. The number of carbonyl (C=O) groups is 2. The molecule has 8 nitrogen and oxygen atoms in total. The zero-order valence-electron chi connectivity index (χ0n) is 25.6. The predicted molar refractivity (Wildman–Crippen MR) is 167 cm³/mol. The fourth-order valence-corrected chi connectivity index (χ4v) is 15.5.